The van der Waals surface area contributed by atoms with E-state index in [0.717, 1.165) is 19.6 Å². The molecule has 1 amide bonds. The lowest BCUT2D eigenvalue weighted by Gasteiger charge is -2.07. The maximum absolute atomic E-state index is 11.4. The van der Waals surface area contributed by atoms with Gasteiger partial charge in [-0.1, -0.05) is 20.8 Å². The van der Waals surface area contributed by atoms with Crippen molar-refractivity contribution in [3.63, 3.8) is 0 Å². The first-order chi connectivity index (χ1) is 10.3. The molecule has 0 atom stereocenters. The molecule has 0 aliphatic carbocycles. The van der Waals surface area contributed by atoms with Gasteiger partial charge in [0.2, 0.25) is 5.91 Å². The van der Waals surface area contributed by atoms with Gasteiger partial charge in [0.15, 0.2) is 0 Å². The standard InChI is InChI=1S/C13H28N2O4.C2H6/c1-3-7-17-10-6-15-13(16)4-8-18-11-12-19-9-5-14-2;1-2/h14H,3-12H2,1-2H3,(H,15,16);1-2H3. The van der Waals surface area contributed by atoms with Crippen LogP contribution in [0.1, 0.15) is 33.6 Å². The zero-order valence-corrected chi connectivity index (χ0v) is 14.2. The van der Waals surface area contributed by atoms with E-state index < -0.39 is 0 Å². The Bertz CT molecular complexity index is 204. The molecular formula is C15H34N2O4. The van der Waals surface area contributed by atoms with Crippen molar-refractivity contribution in [2.75, 3.05) is 59.8 Å². The summed E-state index contributed by atoms with van der Waals surface area (Å²) in [5.41, 5.74) is 0. The number of nitrogens with one attached hydrogen (secondary N) is 2. The summed E-state index contributed by atoms with van der Waals surface area (Å²) in [4.78, 5) is 11.4. The molecule has 6 nitrogen and oxygen atoms in total. The van der Waals surface area contributed by atoms with Crippen LogP contribution in [0.5, 0.6) is 0 Å². The van der Waals surface area contributed by atoms with Gasteiger partial charge in [-0.25, -0.2) is 0 Å². The van der Waals surface area contributed by atoms with E-state index in [0.29, 0.717) is 46.0 Å². The van der Waals surface area contributed by atoms with Crippen molar-refractivity contribution >= 4 is 5.91 Å². The number of carbonyl (C=O) groups excluding carboxylic acids is 1. The van der Waals surface area contributed by atoms with E-state index in [1.807, 2.05) is 20.9 Å². The monoisotopic (exact) mass is 306 g/mol. The van der Waals surface area contributed by atoms with Gasteiger partial charge in [-0.15, -0.1) is 0 Å². The summed E-state index contributed by atoms with van der Waals surface area (Å²) in [7, 11) is 1.88. The second-order valence-electron chi connectivity index (χ2n) is 4.04. The zero-order chi connectivity index (χ0) is 16.2. The van der Waals surface area contributed by atoms with Crippen LogP contribution in [0, 0.1) is 0 Å². The van der Waals surface area contributed by atoms with Gasteiger partial charge in [-0.3, -0.25) is 4.79 Å². The van der Waals surface area contributed by atoms with Crippen molar-refractivity contribution in [3.8, 4) is 0 Å². The number of ether oxygens (including phenoxy) is 3. The van der Waals surface area contributed by atoms with Gasteiger partial charge in [-0.2, -0.15) is 0 Å². The van der Waals surface area contributed by atoms with E-state index in [1.54, 1.807) is 0 Å². The van der Waals surface area contributed by atoms with Crippen LogP contribution in [0.25, 0.3) is 0 Å². The first-order valence-electron chi connectivity index (χ1n) is 7.95. The van der Waals surface area contributed by atoms with Crippen molar-refractivity contribution in [2.45, 2.75) is 33.6 Å². The molecule has 0 aromatic carbocycles. The zero-order valence-electron chi connectivity index (χ0n) is 14.2. The molecule has 0 fully saturated rings. The first-order valence-corrected chi connectivity index (χ1v) is 7.95. The number of hydrogen-bond donors (Lipinski definition) is 2. The third-order valence-corrected chi connectivity index (χ3v) is 2.26. The van der Waals surface area contributed by atoms with Gasteiger partial charge in [0.05, 0.1) is 33.0 Å². The number of hydrogen-bond acceptors (Lipinski definition) is 5. The molecule has 0 aliphatic rings. The van der Waals surface area contributed by atoms with Crippen LogP contribution in [0.3, 0.4) is 0 Å². The van der Waals surface area contributed by atoms with Crippen LogP contribution in [0.2, 0.25) is 0 Å². The van der Waals surface area contributed by atoms with Crippen molar-refractivity contribution in [3.05, 3.63) is 0 Å². The van der Waals surface area contributed by atoms with E-state index in [9.17, 15) is 4.79 Å². The van der Waals surface area contributed by atoms with Crippen molar-refractivity contribution < 1.29 is 19.0 Å². The van der Waals surface area contributed by atoms with Crippen LogP contribution < -0.4 is 10.6 Å². The van der Waals surface area contributed by atoms with Crippen LogP contribution in [-0.4, -0.2) is 65.7 Å². The Morgan fingerprint density at radius 3 is 2.05 bits per heavy atom. The topological polar surface area (TPSA) is 68.8 Å². The lowest BCUT2D eigenvalue weighted by Crippen LogP contribution is -2.28. The Labute approximate surface area is 129 Å². The lowest BCUT2D eigenvalue weighted by molar-refractivity contribution is -0.122. The fourth-order valence-corrected chi connectivity index (χ4v) is 1.26. The summed E-state index contributed by atoms with van der Waals surface area (Å²) in [6.45, 7) is 11.0. The number of amides is 1. The Morgan fingerprint density at radius 2 is 1.43 bits per heavy atom. The molecule has 0 bridgehead atoms. The van der Waals surface area contributed by atoms with Gasteiger partial charge < -0.3 is 24.8 Å². The van der Waals surface area contributed by atoms with Gasteiger partial charge >= 0.3 is 0 Å². The molecule has 0 aliphatic heterocycles. The second-order valence-corrected chi connectivity index (χ2v) is 4.04. The normalized spacial score (nSPS) is 9.90. The van der Waals surface area contributed by atoms with E-state index in [-0.39, 0.29) is 5.91 Å². The maximum Gasteiger partial charge on any atom is 0.222 e. The predicted octanol–water partition coefficient (Wildman–Crippen LogP) is 1.20. The highest BCUT2D eigenvalue weighted by Gasteiger charge is 2.00. The van der Waals surface area contributed by atoms with Crippen LogP contribution in [0.4, 0.5) is 0 Å². The Hall–Kier alpha value is -0.690. The largest absolute Gasteiger partial charge is 0.380 e. The summed E-state index contributed by atoms with van der Waals surface area (Å²) in [6.07, 6.45) is 1.38. The molecule has 0 spiro atoms. The van der Waals surface area contributed by atoms with E-state index in [1.165, 1.54) is 0 Å². The van der Waals surface area contributed by atoms with Gasteiger partial charge in [0, 0.05) is 26.1 Å². The van der Waals surface area contributed by atoms with Gasteiger partial charge in [-0.05, 0) is 13.5 Å². The van der Waals surface area contributed by atoms with Crippen LogP contribution >= 0.6 is 0 Å². The summed E-state index contributed by atoms with van der Waals surface area (Å²) >= 11 is 0. The van der Waals surface area contributed by atoms with Gasteiger partial charge in [0.1, 0.15) is 0 Å². The molecule has 0 aromatic heterocycles. The molecule has 0 aromatic rings. The minimum atomic E-state index is -0.00352. The molecular weight excluding hydrogens is 272 g/mol. The summed E-state index contributed by atoms with van der Waals surface area (Å²) in [5.74, 6) is -0.00352. The summed E-state index contributed by atoms with van der Waals surface area (Å²) in [6, 6.07) is 0. The molecule has 0 heterocycles. The molecule has 0 unspecified atom stereocenters. The predicted molar refractivity (Wildman–Crippen MR) is 85.6 cm³/mol. The molecule has 21 heavy (non-hydrogen) atoms. The summed E-state index contributed by atoms with van der Waals surface area (Å²) < 4.78 is 15.8. The third kappa shape index (κ3) is 21.8. The third-order valence-electron chi connectivity index (χ3n) is 2.26. The number of carbonyl (C=O) groups is 1. The second kappa shape index (κ2) is 21.6. The number of likely N-dealkylation sites (N-methyl/N-ethyl adjacent to an activating group) is 1. The van der Waals surface area contributed by atoms with Crippen molar-refractivity contribution in [1.29, 1.82) is 0 Å². The smallest absolute Gasteiger partial charge is 0.222 e. The van der Waals surface area contributed by atoms with E-state index in [2.05, 4.69) is 17.6 Å². The minimum Gasteiger partial charge on any atom is -0.380 e. The highest BCUT2D eigenvalue weighted by Crippen LogP contribution is 1.85. The first kappa shape index (κ1) is 22.6. The molecule has 0 saturated heterocycles. The minimum absolute atomic E-state index is 0.00352. The lowest BCUT2D eigenvalue weighted by atomic mass is 10.4. The van der Waals surface area contributed by atoms with E-state index >= 15 is 0 Å². The average Bonchev–Trinajstić information content (AvgIpc) is 2.52. The van der Waals surface area contributed by atoms with E-state index in [4.69, 9.17) is 14.2 Å². The highest BCUT2D eigenvalue weighted by molar-refractivity contribution is 5.75. The fourth-order valence-electron chi connectivity index (χ4n) is 1.26. The quantitative estimate of drug-likeness (QED) is 0.472. The Kier molecular flexibility index (Phi) is 23.2. The van der Waals surface area contributed by atoms with Crippen LogP contribution in [0.15, 0.2) is 0 Å². The highest BCUT2D eigenvalue weighted by atomic mass is 16.5. The number of rotatable bonds is 14. The van der Waals surface area contributed by atoms with Crippen LogP contribution in [-0.2, 0) is 19.0 Å². The Morgan fingerprint density at radius 1 is 0.857 bits per heavy atom. The molecule has 128 valence electrons. The molecule has 0 saturated carbocycles. The molecule has 0 radical (unpaired) electrons. The fraction of sp³-hybridized carbons (Fsp3) is 0.933. The molecule has 0 rings (SSSR count). The molecule has 2 N–H and O–H groups in total. The summed E-state index contributed by atoms with van der Waals surface area (Å²) in [5, 5.41) is 5.76. The van der Waals surface area contributed by atoms with Gasteiger partial charge in [0.25, 0.3) is 0 Å². The van der Waals surface area contributed by atoms with Crippen molar-refractivity contribution in [1.82, 2.24) is 10.6 Å². The molecule has 6 heteroatoms. The van der Waals surface area contributed by atoms with Crippen molar-refractivity contribution in [2.24, 2.45) is 0 Å². The SMILES string of the molecule is CC.CCCOCCNC(=O)CCOCCOCCNC. The average molecular weight is 306 g/mol. The maximum atomic E-state index is 11.4. The Balaban J connectivity index is 0.